The number of amides is 1. The summed E-state index contributed by atoms with van der Waals surface area (Å²) < 4.78 is 43.4. The number of ether oxygens (including phenoxy) is 1. The van der Waals surface area contributed by atoms with Crippen molar-refractivity contribution in [3.63, 3.8) is 0 Å². The van der Waals surface area contributed by atoms with E-state index in [1.54, 1.807) is 11.0 Å². The summed E-state index contributed by atoms with van der Waals surface area (Å²) in [7, 11) is 0. The van der Waals surface area contributed by atoms with E-state index >= 15 is 0 Å². The molecule has 3 rings (SSSR count). The summed E-state index contributed by atoms with van der Waals surface area (Å²) in [5.41, 5.74) is 0.342. The maximum Gasteiger partial charge on any atom is 0.419 e. The zero-order valence-corrected chi connectivity index (χ0v) is 14.9. The number of carbonyl (C=O) groups is 1. The molecule has 144 valence electrons. The number of pyridine rings is 1. The van der Waals surface area contributed by atoms with Gasteiger partial charge in [-0.3, -0.25) is 9.69 Å². The van der Waals surface area contributed by atoms with Crippen LogP contribution in [0.1, 0.15) is 11.1 Å². The molecule has 1 saturated heterocycles. The molecule has 5 nitrogen and oxygen atoms in total. The maximum absolute atomic E-state index is 12.6. The molecule has 1 aliphatic rings. The Kier molecular flexibility index (Phi) is 5.53. The molecular formula is C19H21F3N3O2+. The number of carbonyl (C=O) groups excluding carboxylic acids is 1. The molecule has 0 unspecified atom stereocenters. The Morgan fingerprint density at radius 2 is 1.89 bits per heavy atom. The van der Waals surface area contributed by atoms with Gasteiger partial charge in [-0.15, -0.1) is 0 Å². The number of aryl methyl sites for hydroxylation is 1. The number of hydrogen-bond donors (Lipinski definition) is 0. The number of benzene rings is 1. The number of rotatable bonds is 4. The molecule has 0 spiro atoms. The number of hydrogen-bond acceptors (Lipinski definition) is 3. The van der Waals surface area contributed by atoms with Crippen molar-refractivity contribution in [1.29, 1.82) is 0 Å². The summed E-state index contributed by atoms with van der Waals surface area (Å²) in [5.74, 6) is 1.15. The van der Waals surface area contributed by atoms with Crippen molar-refractivity contribution in [2.24, 2.45) is 0 Å². The van der Waals surface area contributed by atoms with Crippen LogP contribution in [0.25, 0.3) is 0 Å². The van der Waals surface area contributed by atoms with Crippen molar-refractivity contribution in [2.75, 3.05) is 37.7 Å². The first-order chi connectivity index (χ1) is 12.8. The van der Waals surface area contributed by atoms with Gasteiger partial charge in [0.25, 0.3) is 11.7 Å². The van der Waals surface area contributed by atoms with Gasteiger partial charge in [-0.05, 0) is 30.7 Å². The van der Waals surface area contributed by atoms with Crippen molar-refractivity contribution in [2.45, 2.75) is 13.1 Å². The molecule has 0 radical (unpaired) electrons. The molecule has 1 fully saturated rings. The van der Waals surface area contributed by atoms with E-state index in [1.165, 1.54) is 6.07 Å². The first kappa shape index (κ1) is 19.0. The second-order valence-electron chi connectivity index (χ2n) is 6.43. The first-order valence-corrected chi connectivity index (χ1v) is 8.64. The minimum absolute atomic E-state index is 0.0319. The van der Waals surface area contributed by atoms with E-state index in [2.05, 4.69) is 4.98 Å². The zero-order chi connectivity index (χ0) is 19.4. The third-order valence-electron chi connectivity index (χ3n) is 4.45. The van der Waals surface area contributed by atoms with Crippen LogP contribution >= 0.6 is 0 Å². The van der Waals surface area contributed by atoms with Crippen LogP contribution in [-0.4, -0.2) is 43.6 Å². The Hall–Kier alpha value is -2.77. The Balaban J connectivity index is 1.50. The van der Waals surface area contributed by atoms with Gasteiger partial charge < -0.3 is 9.64 Å². The van der Waals surface area contributed by atoms with Crippen LogP contribution in [0.5, 0.6) is 5.75 Å². The fourth-order valence-corrected chi connectivity index (χ4v) is 2.93. The average Bonchev–Trinajstić information content (AvgIpc) is 2.66. The molecule has 1 aromatic carbocycles. The molecule has 1 aromatic heterocycles. The molecule has 0 atom stereocenters. The average molecular weight is 380 g/mol. The summed E-state index contributed by atoms with van der Waals surface area (Å²) in [6, 6.07) is 9.96. The highest BCUT2D eigenvalue weighted by Crippen LogP contribution is 2.28. The van der Waals surface area contributed by atoms with Crippen molar-refractivity contribution in [3.05, 3.63) is 53.7 Å². The number of nitrogens with one attached hydrogen (secondary N) is 1. The smallest absolute Gasteiger partial charge is 0.419 e. The molecule has 0 bridgehead atoms. The summed E-state index contributed by atoms with van der Waals surface area (Å²) in [4.78, 5) is 18.6. The predicted molar refractivity (Wildman–Crippen MR) is 93.5 cm³/mol. The van der Waals surface area contributed by atoms with Gasteiger partial charge in [-0.1, -0.05) is 12.1 Å². The lowest BCUT2D eigenvalue weighted by atomic mass is 10.2. The first-order valence-electron chi connectivity index (χ1n) is 8.64. The van der Waals surface area contributed by atoms with Crippen LogP contribution in [-0.2, 0) is 11.0 Å². The largest absolute Gasteiger partial charge is 0.484 e. The number of piperazine rings is 1. The van der Waals surface area contributed by atoms with Gasteiger partial charge in [0.2, 0.25) is 0 Å². The number of halogens is 3. The van der Waals surface area contributed by atoms with Gasteiger partial charge in [0, 0.05) is 6.07 Å². The highest BCUT2D eigenvalue weighted by Gasteiger charge is 2.33. The van der Waals surface area contributed by atoms with Crippen molar-refractivity contribution >= 4 is 11.7 Å². The molecule has 0 aliphatic carbocycles. The van der Waals surface area contributed by atoms with Crippen molar-refractivity contribution in [1.82, 2.24) is 4.90 Å². The monoisotopic (exact) mass is 380 g/mol. The van der Waals surface area contributed by atoms with E-state index in [0.717, 1.165) is 17.8 Å². The van der Waals surface area contributed by atoms with Crippen LogP contribution < -0.4 is 14.6 Å². The predicted octanol–water partition coefficient (Wildman–Crippen LogP) is 2.56. The molecule has 0 saturated carbocycles. The number of H-pyrrole nitrogens is 1. The Bertz CT molecular complexity index is 786. The van der Waals surface area contributed by atoms with Gasteiger partial charge in [0.15, 0.2) is 6.61 Å². The van der Waals surface area contributed by atoms with Gasteiger partial charge in [0.1, 0.15) is 25.0 Å². The molecular weight excluding hydrogens is 359 g/mol. The molecule has 8 heteroatoms. The van der Waals surface area contributed by atoms with Gasteiger partial charge in [-0.25, -0.2) is 4.98 Å². The third-order valence-corrected chi connectivity index (χ3v) is 4.45. The second kappa shape index (κ2) is 7.85. The Labute approximate surface area is 155 Å². The molecule has 27 heavy (non-hydrogen) atoms. The van der Waals surface area contributed by atoms with E-state index in [0.29, 0.717) is 37.7 Å². The van der Waals surface area contributed by atoms with Crippen LogP contribution in [0, 0.1) is 6.92 Å². The number of anilines is 1. The highest BCUT2D eigenvalue weighted by atomic mass is 19.4. The normalized spacial score (nSPS) is 15.0. The van der Waals surface area contributed by atoms with E-state index in [9.17, 15) is 18.0 Å². The van der Waals surface area contributed by atoms with E-state index in [-0.39, 0.29) is 12.5 Å². The van der Waals surface area contributed by atoms with Gasteiger partial charge in [0.05, 0.1) is 18.7 Å². The number of aromatic nitrogens is 1. The van der Waals surface area contributed by atoms with E-state index < -0.39 is 11.7 Å². The molecule has 1 amide bonds. The minimum Gasteiger partial charge on any atom is -0.484 e. The van der Waals surface area contributed by atoms with Gasteiger partial charge >= 0.3 is 6.18 Å². The number of aromatic amines is 1. The van der Waals surface area contributed by atoms with Crippen LogP contribution in [0.2, 0.25) is 0 Å². The standard InChI is InChI=1S/C19H20F3N3O2/c1-14-3-2-4-16(11-14)27-13-18(26)25-9-7-24(8-10-25)17-6-5-15(12-23-17)19(20,21)22/h2-6,11-12H,7-10,13H2,1H3/p+1. The summed E-state index contributed by atoms with van der Waals surface area (Å²) in [6.07, 6.45) is -3.40. The minimum atomic E-state index is -4.36. The lowest BCUT2D eigenvalue weighted by Crippen LogP contribution is -2.51. The lowest BCUT2D eigenvalue weighted by molar-refractivity contribution is -0.367. The number of alkyl halides is 3. The van der Waals surface area contributed by atoms with Crippen LogP contribution in [0.15, 0.2) is 42.6 Å². The highest BCUT2D eigenvalue weighted by molar-refractivity contribution is 5.78. The van der Waals surface area contributed by atoms with Crippen molar-refractivity contribution in [3.8, 4) is 5.75 Å². The summed E-state index contributed by atoms with van der Waals surface area (Å²) >= 11 is 0. The fourth-order valence-electron chi connectivity index (χ4n) is 2.93. The molecule has 2 aromatic rings. The van der Waals surface area contributed by atoms with Gasteiger partial charge in [-0.2, -0.15) is 13.2 Å². The van der Waals surface area contributed by atoms with E-state index in [1.807, 2.05) is 30.0 Å². The molecule has 1 aliphatic heterocycles. The van der Waals surface area contributed by atoms with Crippen LogP contribution in [0.4, 0.5) is 19.0 Å². The zero-order valence-electron chi connectivity index (χ0n) is 14.9. The number of nitrogens with zero attached hydrogens (tertiary/aromatic N) is 2. The molecule has 1 N–H and O–H groups in total. The maximum atomic E-state index is 12.6. The molecule has 2 heterocycles. The third kappa shape index (κ3) is 4.90. The topological polar surface area (TPSA) is 46.9 Å². The Morgan fingerprint density at radius 1 is 1.15 bits per heavy atom. The second-order valence-corrected chi connectivity index (χ2v) is 6.43. The van der Waals surface area contributed by atoms with Crippen LogP contribution in [0.3, 0.4) is 0 Å². The lowest BCUT2D eigenvalue weighted by Gasteiger charge is -2.31. The van der Waals surface area contributed by atoms with E-state index in [4.69, 9.17) is 4.74 Å². The quantitative estimate of drug-likeness (QED) is 0.819. The summed E-state index contributed by atoms with van der Waals surface area (Å²) in [6.45, 7) is 3.98. The SMILES string of the molecule is Cc1cccc(OCC(=O)N2CCN(c3ccc(C(F)(F)F)c[nH+]3)CC2)c1. The summed E-state index contributed by atoms with van der Waals surface area (Å²) in [5, 5.41) is 0. The Morgan fingerprint density at radius 3 is 2.48 bits per heavy atom. The fraction of sp³-hybridized carbons (Fsp3) is 0.368. The van der Waals surface area contributed by atoms with Crippen molar-refractivity contribution < 1.29 is 27.7 Å².